The standard InChI is InChI=1S/C19H17N3O3.C10H11NO3.C9H8N2O/c1-2-15-3-7-17(8-4-15)21-24-11-12-25-22-18-9-5-16(6-10-18)19-13-20-14-23-19;1-2-9-3-5-10(6-4-9)11-13-7-8-14-12;10-8-3-1-7(2-4-8)9-5-11-6-12-9/h3-10,13-14,21-22H,2H2,1H3;3-6,11-12H,2H2,1H3;1-6H,10H2. The Balaban J connectivity index is 0.000000189. The molecule has 13 nitrogen and oxygen atoms in total. The fourth-order valence-corrected chi connectivity index (χ4v) is 4.02. The molecule has 2 aromatic heterocycles. The number of nitrogens with two attached hydrogens (primary N) is 1. The van der Waals surface area contributed by atoms with Gasteiger partial charge >= 0.3 is 0 Å². The van der Waals surface area contributed by atoms with Crippen molar-refractivity contribution in [2.24, 2.45) is 0 Å². The van der Waals surface area contributed by atoms with Gasteiger partial charge in [0.25, 0.3) is 0 Å². The Hall–Kier alpha value is -7.22. The number of aryl methyl sites for hydroxylation is 2. The van der Waals surface area contributed by atoms with Gasteiger partial charge in [-0.2, -0.15) is 5.26 Å². The van der Waals surface area contributed by atoms with Gasteiger partial charge in [0.15, 0.2) is 42.6 Å². The first kappa shape index (κ1) is 36.6. The first-order valence-corrected chi connectivity index (χ1v) is 15.5. The van der Waals surface area contributed by atoms with E-state index in [0.717, 1.165) is 52.5 Å². The molecule has 0 saturated heterocycles. The van der Waals surface area contributed by atoms with Crippen LogP contribution in [0.2, 0.25) is 0 Å². The highest BCUT2D eigenvalue weighted by atomic mass is 17.1. The van der Waals surface area contributed by atoms with Crippen molar-refractivity contribution in [3.8, 4) is 47.1 Å². The van der Waals surface area contributed by atoms with Crippen LogP contribution in [0.25, 0.3) is 22.6 Å². The van der Waals surface area contributed by atoms with Gasteiger partial charge in [-0.3, -0.25) is 4.89 Å². The second-order valence-corrected chi connectivity index (χ2v) is 10.1. The van der Waals surface area contributed by atoms with Crippen LogP contribution in [0.3, 0.4) is 0 Å². The second-order valence-electron chi connectivity index (χ2n) is 10.1. The lowest BCUT2D eigenvalue weighted by Crippen LogP contribution is -1.98. The molecule has 2 heterocycles. The zero-order valence-electron chi connectivity index (χ0n) is 27.8. The van der Waals surface area contributed by atoms with E-state index >= 15 is 0 Å². The third-order valence-electron chi connectivity index (χ3n) is 6.74. The molecule has 13 heteroatoms. The lowest BCUT2D eigenvalue weighted by Gasteiger charge is -2.03. The SMILES string of the molecule is CCc1ccc(NOC#CONc2ccc(-c3cnco3)cc2)cc1.CCc1ccc(NOC#COO)cc1.Nc1ccc(-c2cnco2)cc1. The van der Waals surface area contributed by atoms with Crippen molar-refractivity contribution in [1.29, 1.82) is 0 Å². The summed E-state index contributed by atoms with van der Waals surface area (Å²) in [6.45, 7) is 4.19. The van der Waals surface area contributed by atoms with Crippen molar-refractivity contribution in [1.82, 2.24) is 9.97 Å². The summed E-state index contributed by atoms with van der Waals surface area (Å²) in [6.07, 6.45) is 16.9. The Morgan fingerprint density at radius 3 is 1.29 bits per heavy atom. The van der Waals surface area contributed by atoms with E-state index in [-0.39, 0.29) is 0 Å². The largest absolute Gasteiger partial charge is 0.444 e. The smallest absolute Gasteiger partial charge is 0.203 e. The fraction of sp³-hybridized carbons (Fsp3) is 0.105. The van der Waals surface area contributed by atoms with Crippen molar-refractivity contribution in [2.45, 2.75) is 26.7 Å². The van der Waals surface area contributed by atoms with E-state index in [2.05, 4.69) is 68.3 Å². The van der Waals surface area contributed by atoms with Gasteiger partial charge in [0.2, 0.25) is 6.11 Å². The monoisotopic (exact) mass is 688 g/mol. The number of anilines is 4. The second kappa shape index (κ2) is 20.9. The summed E-state index contributed by atoms with van der Waals surface area (Å²) < 4.78 is 10.3. The molecule has 6 aromatic rings. The van der Waals surface area contributed by atoms with Crippen molar-refractivity contribution < 1.29 is 33.5 Å². The van der Waals surface area contributed by atoms with Gasteiger partial charge in [0, 0.05) is 16.8 Å². The average Bonchev–Trinajstić information content (AvgIpc) is 3.93. The minimum atomic E-state index is 0.707. The molecule has 0 fully saturated rings. The molecule has 260 valence electrons. The zero-order valence-corrected chi connectivity index (χ0v) is 27.8. The number of hydrogen-bond donors (Lipinski definition) is 5. The van der Waals surface area contributed by atoms with Gasteiger partial charge in [-0.05, 0) is 96.8 Å². The lowest BCUT2D eigenvalue weighted by atomic mass is 10.2. The molecule has 0 bridgehead atoms. The van der Waals surface area contributed by atoms with Crippen LogP contribution in [0.5, 0.6) is 0 Å². The van der Waals surface area contributed by atoms with Crippen LogP contribution in [0.15, 0.2) is 131 Å². The Morgan fingerprint density at radius 1 is 0.569 bits per heavy atom. The van der Waals surface area contributed by atoms with Gasteiger partial charge in [0.05, 0.1) is 29.5 Å². The first-order valence-electron chi connectivity index (χ1n) is 15.5. The minimum Gasteiger partial charge on any atom is -0.444 e. The van der Waals surface area contributed by atoms with Crippen molar-refractivity contribution in [3.63, 3.8) is 0 Å². The molecule has 0 saturated carbocycles. The number of benzene rings is 4. The predicted octanol–water partition coefficient (Wildman–Crippen LogP) is 8.13. The number of nitrogen functional groups attached to an aromatic ring is 1. The van der Waals surface area contributed by atoms with Crippen LogP contribution in [0.4, 0.5) is 22.7 Å². The van der Waals surface area contributed by atoms with E-state index in [0.29, 0.717) is 5.76 Å². The molecule has 51 heavy (non-hydrogen) atoms. The van der Waals surface area contributed by atoms with E-state index in [9.17, 15) is 0 Å². The van der Waals surface area contributed by atoms with E-state index < -0.39 is 0 Å². The highest BCUT2D eigenvalue weighted by Gasteiger charge is 2.01. The quantitative estimate of drug-likeness (QED) is 0.0405. The Kier molecular flexibility index (Phi) is 15.0. The van der Waals surface area contributed by atoms with Crippen molar-refractivity contribution >= 4 is 22.7 Å². The molecular weight excluding hydrogens is 652 g/mol. The summed E-state index contributed by atoms with van der Waals surface area (Å²) in [5, 5.41) is 7.85. The maximum Gasteiger partial charge on any atom is 0.203 e. The van der Waals surface area contributed by atoms with E-state index in [1.165, 1.54) is 23.9 Å². The van der Waals surface area contributed by atoms with Crippen molar-refractivity contribution in [3.05, 3.63) is 133 Å². The highest BCUT2D eigenvalue weighted by Crippen LogP contribution is 2.21. The Morgan fingerprint density at radius 2 is 0.941 bits per heavy atom. The molecule has 4 aromatic carbocycles. The maximum atomic E-state index is 7.85. The molecule has 0 aliphatic rings. The van der Waals surface area contributed by atoms with Gasteiger partial charge in [-0.15, -0.1) is 0 Å². The molecular formula is C38H36N6O7. The van der Waals surface area contributed by atoms with Crippen LogP contribution < -0.4 is 22.2 Å². The van der Waals surface area contributed by atoms with E-state index in [1.54, 1.807) is 12.4 Å². The molecule has 6 rings (SSSR count). The van der Waals surface area contributed by atoms with Crippen molar-refractivity contribution in [2.75, 3.05) is 22.2 Å². The molecule has 0 radical (unpaired) electrons. The summed E-state index contributed by atoms with van der Waals surface area (Å²) >= 11 is 0. The molecule has 0 aliphatic carbocycles. The number of nitrogens with one attached hydrogen (secondary N) is 3. The fourth-order valence-electron chi connectivity index (χ4n) is 4.02. The van der Waals surface area contributed by atoms with Crippen LogP contribution in [-0.4, -0.2) is 15.2 Å². The number of nitrogens with zero attached hydrogens (tertiary/aromatic N) is 2. The lowest BCUT2D eigenvalue weighted by molar-refractivity contribution is -0.172. The normalized spacial score (nSPS) is 9.39. The first-order chi connectivity index (χ1) is 25.1. The number of hydrogen-bond acceptors (Lipinski definition) is 13. The topological polar surface area (TPSA) is 171 Å². The maximum absolute atomic E-state index is 7.85. The molecule has 6 N–H and O–H groups in total. The van der Waals surface area contributed by atoms with Crippen LogP contribution in [0, 0.1) is 24.4 Å². The van der Waals surface area contributed by atoms with Gasteiger partial charge < -0.3 is 29.1 Å². The van der Waals surface area contributed by atoms with Gasteiger partial charge in [0.1, 0.15) is 0 Å². The molecule has 0 unspecified atom stereocenters. The highest BCUT2D eigenvalue weighted by molar-refractivity contribution is 5.60. The number of aromatic nitrogens is 2. The van der Waals surface area contributed by atoms with Crippen LogP contribution in [0.1, 0.15) is 25.0 Å². The number of oxazole rings is 2. The number of rotatable bonds is 10. The molecule has 0 amide bonds. The summed E-state index contributed by atoms with van der Waals surface area (Å²) in [4.78, 5) is 25.9. The van der Waals surface area contributed by atoms with E-state index in [1.807, 2.05) is 103 Å². The third-order valence-corrected chi connectivity index (χ3v) is 6.74. The zero-order chi connectivity index (χ0) is 35.9. The van der Waals surface area contributed by atoms with Crippen LogP contribution in [-0.2, 0) is 32.2 Å². The summed E-state index contributed by atoms with van der Waals surface area (Å²) in [5.74, 6) is 1.47. The summed E-state index contributed by atoms with van der Waals surface area (Å²) in [7, 11) is 0. The summed E-state index contributed by atoms with van der Waals surface area (Å²) in [5.41, 5.74) is 21.1. The van der Waals surface area contributed by atoms with E-state index in [4.69, 9.17) is 29.5 Å². The average molecular weight is 689 g/mol. The van der Waals surface area contributed by atoms with Gasteiger partial charge in [-0.25, -0.2) is 26.4 Å². The Labute approximate surface area is 295 Å². The Bertz CT molecular complexity index is 1940. The third kappa shape index (κ3) is 13.1. The molecule has 0 spiro atoms. The van der Waals surface area contributed by atoms with Crippen LogP contribution >= 0.6 is 0 Å². The summed E-state index contributed by atoms with van der Waals surface area (Å²) in [6, 6.07) is 30.5. The van der Waals surface area contributed by atoms with Gasteiger partial charge in [-0.1, -0.05) is 38.1 Å². The minimum absolute atomic E-state index is 0.707. The molecule has 0 atom stereocenters. The molecule has 0 aliphatic heterocycles. The predicted molar refractivity (Wildman–Crippen MR) is 193 cm³/mol.